The molecule has 1 aromatic carbocycles. The van der Waals surface area contributed by atoms with Crippen LogP contribution in [-0.4, -0.2) is 56.3 Å². The molecule has 178 valence electrons. The molecule has 6 nitrogen and oxygen atoms in total. The Morgan fingerprint density at radius 2 is 1.69 bits per heavy atom. The third-order valence-electron chi connectivity index (χ3n) is 5.37. The Labute approximate surface area is 192 Å². The molecule has 32 heavy (non-hydrogen) atoms. The maximum absolute atomic E-state index is 6.37. The summed E-state index contributed by atoms with van der Waals surface area (Å²) in [6, 6.07) is 10.1. The van der Waals surface area contributed by atoms with Gasteiger partial charge in [-0.15, -0.1) is 0 Å². The zero-order valence-electron chi connectivity index (χ0n) is 20.2. The maximum atomic E-state index is 6.37. The SMILES string of the molecule is CC(C)=CCOC[C@@H](OCC=C(C)C)[C@H]1O[C@@H]2OC(C)(C)O[C@@H]2[C@H]1OCc1ccccc1. The summed E-state index contributed by atoms with van der Waals surface area (Å²) in [6.07, 6.45) is 2.24. The van der Waals surface area contributed by atoms with E-state index < -0.39 is 12.1 Å². The fourth-order valence-corrected chi connectivity index (χ4v) is 3.75. The van der Waals surface area contributed by atoms with Crippen molar-refractivity contribution >= 4 is 0 Å². The third-order valence-corrected chi connectivity index (χ3v) is 5.37. The second kappa shape index (κ2) is 11.5. The number of hydrogen-bond donors (Lipinski definition) is 0. The van der Waals surface area contributed by atoms with Crippen molar-refractivity contribution in [3.05, 3.63) is 59.2 Å². The molecule has 0 bridgehead atoms. The average molecular weight is 447 g/mol. The molecular formula is C26H38O6. The number of allylic oxidation sites excluding steroid dienone is 2. The van der Waals surface area contributed by atoms with Gasteiger partial charge in [0.15, 0.2) is 12.1 Å². The van der Waals surface area contributed by atoms with Gasteiger partial charge in [0.05, 0.1) is 26.4 Å². The molecule has 6 heteroatoms. The van der Waals surface area contributed by atoms with Gasteiger partial charge in [-0.25, -0.2) is 0 Å². The van der Waals surface area contributed by atoms with E-state index in [-0.39, 0.29) is 24.4 Å². The monoisotopic (exact) mass is 446 g/mol. The van der Waals surface area contributed by atoms with E-state index in [0.717, 1.165) is 5.56 Å². The Balaban J connectivity index is 1.74. The van der Waals surface area contributed by atoms with Gasteiger partial charge in [0.1, 0.15) is 24.4 Å². The van der Waals surface area contributed by atoms with Gasteiger partial charge in [-0.3, -0.25) is 0 Å². The predicted octanol–water partition coefficient (Wildman–Crippen LogP) is 4.78. The van der Waals surface area contributed by atoms with Gasteiger partial charge in [-0.05, 0) is 47.1 Å². The highest BCUT2D eigenvalue weighted by Crippen LogP contribution is 2.40. The van der Waals surface area contributed by atoms with Crippen molar-refractivity contribution in [2.75, 3.05) is 19.8 Å². The van der Waals surface area contributed by atoms with E-state index in [0.29, 0.717) is 26.4 Å². The highest BCUT2D eigenvalue weighted by Gasteiger charge is 2.57. The number of rotatable bonds is 11. The molecule has 2 fully saturated rings. The summed E-state index contributed by atoms with van der Waals surface area (Å²) >= 11 is 0. The smallest absolute Gasteiger partial charge is 0.190 e. The lowest BCUT2D eigenvalue weighted by Crippen LogP contribution is -2.45. The first-order chi connectivity index (χ1) is 15.2. The second-order valence-corrected chi connectivity index (χ2v) is 9.30. The van der Waals surface area contributed by atoms with E-state index in [1.807, 2.05) is 44.2 Å². The predicted molar refractivity (Wildman–Crippen MR) is 123 cm³/mol. The zero-order valence-corrected chi connectivity index (χ0v) is 20.2. The normalized spacial score (nSPS) is 27.1. The molecule has 0 aromatic heterocycles. The number of hydrogen-bond acceptors (Lipinski definition) is 6. The summed E-state index contributed by atoms with van der Waals surface area (Å²) in [4.78, 5) is 0. The van der Waals surface area contributed by atoms with Crippen molar-refractivity contribution in [2.45, 2.75) is 84.6 Å². The van der Waals surface area contributed by atoms with Crippen molar-refractivity contribution < 1.29 is 28.4 Å². The lowest BCUT2D eigenvalue weighted by atomic mass is 10.1. The fourth-order valence-electron chi connectivity index (χ4n) is 3.75. The Morgan fingerprint density at radius 1 is 1.00 bits per heavy atom. The molecule has 0 N–H and O–H groups in total. The molecule has 3 rings (SSSR count). The molecular weight excluding hydrogens is 408 g/mol. The molecule has 1 aromatic rings. The van der Waals surface area contributed by atoms with Crippen molar-refractivity contribution in [3.8, 4) is 0 Å². The van der Waals surface area contributed by atoms with Crippen LogP contribution in [0.15, 0.2) is 53.6 Å². The van der Waals surface area contributed by atoms with E-state index in [1.165, 1.54) is 11.1 Å². The van der Waals surface area contributed by atoms with Gasteiger partial charge in [0, 0.05) is 0 Å². The largest absolute Gasteiger partial charge is 0.375 e. The van der Waals surface area contributed by atoms with Crippen molar-refractivity contribution in [3.63, 3.8) is 0 Å². The van der Waals surface area contributed by atoms with Crippen LogP contribution in [-0.2, 0) is 35.0 Å². The molecule has 2 heterocycles. The minimum Gasteiger partial charge on any atom is -0.375 e. The van der Waals surface area contributed by atoms with Gasteiger partial charge in [0.2, 0.25) is 0 Å². The van der Waals surface area contributed by atoms with Crippen LogP contribution in [0.3, 0.4) is 0 Å². The average Bonchev–Trinajstić information content (AvgIpc) is 3.20. The quantitative estimate of drug-likeness (QED) is 0.360. The topological polar surface area (TPSA) is 55.4 Å². The van der Waals surface area contributed by atoms with Crippen LogP contribution in [0.1, 0.15) is 47.1 Å². The molecule has 0 radical (unpaired) electrons. The molecule has 5 atom stereocenters. The van der Waals surface area contributed by atoms with Gasteiger partial charge in [-0.1, -0.05) is 53.6 Å². The maximum Gasteiger partial charge on any atom is 0.190 e. The second-order valence-electron chi connectivity index (χ2n) is 9.30. The van der Waals surface area contributed by atoms with E-state index in [2.05, 4.69) is 39.8 Å². The van der Waals surface area contributed by atoms with Crippen molar-refractivity contribution in [2.24, 2.45) is 0 Å². The summed E-state index contributed by atoms with van der Waals surface area (Å²) in [7, 11) is 0. The lowest BCUT2D eigenvalue weighted by Gasteiger charge is -2.31. The van der Waals surface area contributed by atoms with Crippen molar-refractivity contribution in [1.82, 2.24) is 0 Å². The van der Waals surface area contributed by atoms with Crippen LogP contribution < -0.4 is 0 Å². The zero-order chi connectivity index (χ0) is 23.1. The highest BCUT2D eigenvalue weighted by molar-refractivity contribution is 5.13. The molecule has 2 aliphatic rings. The van der Waals surface area contributed by atoms with Crippen LogP contribution in [0.25, 0.3) is 0 Å². The Kier molecular flexibility index (Phi) is 9.05. The third kappa shape index (κ3) is 7.24. The van der Waals surface area contributed by atoms with E-state index in [1.54, 1.807) is 0 Å². The Morgan fingerprint density at radius 3 is 2.38 bits per heavy atom. The minimum absolute atomic E-state index is 0.321. The van der Waals surface area contributed by atoms with Crippen LogP contribution in [0.4, 0.5) is 0 Å². The number of ether oxygens (including phenoxy) is 6. The standard InChI is InChI=1S/C26H38O6/c1-18(2)12-14-27-17-21(28-15-13-19(3)4)22-23(29-16-20-10-8-7-9-11-20)24-25(30-22)32-26(5,6)31-24/h7-13,21-25H,14-17H2,1-6H3/t21-,22-,23+,24-,25-/m1/s1. The molecule has 0 saturated carbocycles. The van der Waals surface area contributed by atoms with Crippen LogP contribution in [0.2, 0.25) is 0 Å². The Bertz CT molecular complexity index is 764. The first-order valence-corrected chi connectivity index (χ1v) is 11.4. The first kappa shape index (κ1) is 25.1. The summed E-state index contributed by atoms with van der Waals surface area (Å²) in [5.74, 6) is -0.715. The molecule has 2 saturated heterocycles. The molecule has 2 aliphatic heterocycles. The first-order valence-electron chi connectivity index (χ1n) is 11.4. The van der Waals surface area contributed by atoms with E-state index in [4.69, 9.17) is 28.4 Å². The van der Waals surface area contributed by atoms with E-state index >= 15 is 0 Å². The molecule has 0 aliphatic carbocycles. The molecule has 0 spiro atoms. The minimum atomic E-state index is -0.715. The Hall–Kier alpha value is -1.54. The fraction of sp³-hybridized carbons (Fsp3) is 0.615. The van der Waals surface area contributed by atoms with Gasteiger partial charge in [0.25, 0.3) is 0 Å². The molecule has 0 amide bonds. The summed E-state index contributed by atoms with van der Waals surface area (Å²) < 4.78 is 36.9. The van der Waals surface area contributed by atoms with Gasteiger partial charge in [-0.2, -0.15) is 0 Å². The number of fused-ring (bicyclic) bond motifs is 1. The van der Waals surface area contributed by atoms with Gasteiger partial charge < -0.3 is 28.4 Å². The van der Waals surface area contributed by atoms with Crippen LogP contribution >= 0.6 is 0 Å². The van der Waals surface area contributed by atoms with Crippen molar-refractivity contribution in [1.29, 1.82) is 0 Å². The summed E-state index contributed by atoms with van der Waals surface area (Å²) in [5.41, 5.74) is 3.50. The van der Waals surface area contributed by atoms with Gasteiger partial charge >= 0.3 is 0 Å². The molecule has 0 unspecified atom stereocenters. The van der Waals surface area contributed by atoms with Crippen LogP contribution in [0.5, 0.6) is 0 Å². The lowest BCUT2D eigenvalue weighted by molar-refractivity contribution is -0.236. The summed E-state index contributed by atoms with van der Waals surface area (Å²) in [6.45, 7) is 13.8. The van der Waals surface area contributed by atoms with E-state index in [9.17, 15) is 0 Å². The highest BCUT2D eigenvalue weighted by atomic mass is 16.8. The summed E-state index contributed by atoms with van der Waals surface area (Å²) in [5, 5.41) is 0. The number of benzene rings is 1. The van der Waals surface area contributed by atoms with Crippen LogP contribution in [0, 0.1) is 0 Å².